The van der Waals surface area contributed by atoms with Gasteiger partial charge in [-0.05, 0) is 63.0 Å². The maximum absolute atomic E-state index is 12.3. The van der Waals surface area contributed by atoms with Crippen LogP contribution >= 0.6 is 0 Å². The Labute approximate surface area is 121 Å². The highest BCUT2D eigenvalue weighted by Crippen LogP contribution is 2.20. The zero-order chi connectivity index (χ0) is 14.4. The summed E-state index contributed by atoms with van der Waals surface area (Å²) in [6, 6.07) is 5.77. The number of rotatable bonds is 6. The molecule has 0 aliphatic carbocycles. The van der Waals surface area contributed by atoms with Crippen molar-refractivity contribution in [2.75, 3.05) is 26.2 Å². The molecule has 0 radical (unpaired) electrons. The highest BCUT2D eigenvalue weighted by molar-refractivity contribution is 5.98. The number of aryl methyl sites for hydroxylation is 1. The van der Waals surface area contributed by atoms with E-state index in [2.05, 4.69) is 11.8 Å². The minimum Gasteiger partial charge on any atom is -0.493 e. The minimum absolute atomic E-state index is 0.219. The lowest BCUT2D eigenvalue weighted by Gasteiger charge is -2.25. The summed E-state index contributed by atoms with van der Waals surface area (Å²) < 4.78 is 5.65. The molecule has 1 saturated heterocycles. The number of Topliss-reactive ketones (excluding diaryl/α,β-unsaturated/α-hetero) is 1. The first-order valence-electron chi connectivity index (χ1n) is 7.69. The van der Waals surface area contributed by atoms with E-state index in [0.717, 1.165) is 43.0 Å². The van der Waals surface area contributed by atoms with Crippen LogP contribution in [0.25, 0.3) is 0 Å². The highest BCUT2D eigenvalue weighted by atomic mass is 16.5. The molecule has 0 N–H and O–H groups in total. The van der Waals surface area contributed by atoms with Crippen LogP contribution in [0.15, 0.2) is 18.2 Å². The van der Waals surface area contributed by atoms with Crippen LogP contribution in [0.3, 0.4) is 0 Å². The first-order valence-corrected chi connectivity index (χ1v) is 7.69. The summed E-state index contributed by atoms with van der Waals surface area (Å²) in [6.45, 7) is 7.48. The normalized spacial score (nSPS) is 16.1. The predicted octanol–water partition coefficient (Wildman–Crippen LogP) is 3.45. The van der Waals surface area contributed by atoms with Gasteiger partial charge in [0.25, 0.3) is 0 Å². The zero-order valence-corrected chi connectivity index (χ0v) is 12.7. The topological polar surface area (TPSA) is 29.5 Å². The fraction of sp³-hybridized carbons (Fsp3) is 0.588. The van der Waals surface area contributed by atoms with Crippen molar-refractivity contribution in [3.8, 4) is 5.75 Å². The van der Waals surface area contributed by atoms with Gasteiger partial charge in [-0.2, -0.15) is 0 Å². The number of ether oxygens (including phenoxy) is 1. The smallest absolute Gasteiger partial charge is 0.176 e. The van der Waals surface area contributed by atoms with Gasteiger partial charge < -0.3 is 4.74 Å². The SMILES string of the molecule is CCCOc1ccc(C(=O)CN2CCCCC2)cc1C. The molecule has 2 rings (SSSR count). The predicted molar refractivity (Wildman–Crippen MR) is 81.6 cm³/mol. The molecule has 1 aliphatic heterocycles. The van der Waals surface area contributed by atoms with Crippen molar-refractivity contribution in [1.82, 2.24) is 4.90 Å². The van der Waals surface area contributed by atoms with Crippen LogP contribution in [0.2, 0.25) is 0 Å². The van der Waals surface area contributed by atoms with Gasteiger partial charge in [0.05, 0.1) is 13.2 Å². The molecule has 3 heteroatoms. The zero-order valence-electron chi connectivity index (χ0n) is 12.7. The molecule has 1 aromatic carbocycles. The summed E-state index contributed by atoms with van der Waals surface area (Å²) in [4.78, 5) is 14.6. The Kier molecular flexibility index (Phi) is 5.60. The van der Waals surface area contributed by atoms with E-state index in [9.17, 15) is 4.79 Å². The van der Waals surface area contributed by atoms with E-state index in [0.29, 0.717) is 6.54 Å². The summed E-state index contributed by atoms with van der Waals surface area (Å²) in [6.07, 6.45) is 4.73. The van der Waals surface area contributed by atoms with Crippen molar-refractivity contribution in [2.24, 2.45) is 0 Å². The lowest BCUT2D eigenvalue weighted by atomic mass is 10.1. The molecular formula is C17H25NO2. The second-order valence-electron chi connectivity index (χ2n) is 5.59. The van der Waals surface area contributed by atoms with E-state index >= 15 is 0 Å². The molecule has 1 heterocycles. The van der Waals surface area contributed by atoms with Gasteiger partial charge in [0.15, 0.2) is 5.78 Å². The van der Waals surface area contributed by atoms with Crippen LogP contribution in [0.5, 0.6) is 5.75 Å². The maximum Gasteiger partial charge on any atom is 0.176 e. The van der Waals surface area contributed by atoms with E-state index in [-0.39, 0.29) is 5.78 Å². The van der Waals surface area contributed by atoms with Crippen LogP contribution in [0.1, 0.15) is 48.5 Å². The molecule has 0 saturated carbocycles. The molecular weight excluding hydrogens is 250 g/mol. The fourth-order valence-electron chi connectivity index (χ4n) is 2.61. The van der Waals surface area contributed by atoms with Crippen molar-refractivity contribution in [3.63, 3.8) is 0 Å². The van der Waals surface area contributed by atoms with E-state index in [1.165, 1.54) is 19.3 Å². The summed E-state index contributed by atoms with van der Waals surface area (Å²) in [5.41, 5.74) is 1.85. The standard InChI is InChI=1S/C17H25NO2/c1-3-11-20-17-8-7-15(12-14(17)2)16(19)13-18-9-5-4-6-10-18/h7-8,12H,3-6,9-11,13H2,1-2H3. The summed E-state index contributed by atoms with van der Waals surface area (Å²) in [7, 11) is 0. The van der Waals surface area contributed by atoms with Gasteiger partial charge in [0.1, 0.15) is 5.75 Å². The van der Waals surface area contributed by atoms with Gasteiger partial charge in [-0.15, -0.1) is 0 Å². The third-order valence-corrected chi connectivity index (χ3v) is 3.77. The Morgan fingerprint density at radius 1 is 1.25 bits per heavy atom. The largest absolute Gasteiger partial charge is 0.493 e. The van der Waals surface area contributed by atoms with Crippen molar-refractivity contribution >= 4 is 5.78 Å². The minimum atomic E-state index is 0.219. The molecule has 3 nitrogen and oxygen atoms in total. The molecule has 0 bridgehead atoms. The maximum atomic E-state index is 12.3. The van der Waals surface area contributed by atoms with E-state index in [1.54, 1.807) is 0 Å². The molecule has 0 spiro atoms. The molecule has 0 aromatic heterocycles. The second-order valence-corrected chi connectivity index (χ2v) is 5.59. The average Bonchev–Trinajstić information content (AvgIpc) is 2.47. The summed E-state index contributed by atoms with van der Waals surface area (Å²) in [5.74, 6) is 1.11. The molecule has 1 aromatic rings. The Hall–Kier alpha value is -1.35. The third kappa shape index (κ3) is 4.07. The van der Waals surface area contributed by atoms with Crippen molar-refractivity contribution in [2.45, 2.75) is 39.5 Å². The van der Waals surface area contributed by atoms with Crippen molar-refractivity contribution in [3.05, 3.63) is 29.3 Å². The Morgan fingerprint density at radius 2 is 2.00 bits per heavy atom. The molecule has 0 unspecified atom stereocenters. The fourth-order valence-corrected chi connectivity index (χ4v) is 2.61. The van der Waals surface area contributed by atoms with Gasteiger partial charge in [0, 0.05) is 5.56 Å². The van der Waals surface area contributed by atoms with Gasteiger partial charge in [0.2, 0.25) is 0 Å². The van der Waals surface area contributed by atoms with Gasteiger partial charge >= 0.3 is 0 Å². The number of carbonyl (C=O) groups is 1. The van der Waals surface area contributed by atoms with Crippen LogP contribution in [-0.4, -0.2) is 36.9 Å². The van der Waals surface area contributed by atoms with Crippen molar-refractivity contribution in [1.29, 1.82) is 0 Å². The highest BCUT2D eigenvalue weighted by Gasteiger charge is 2.15. The quantitative estimate of drug-likeness (QED) is 0.745. The monoisotopic (exact) mass is 275 g/mol. The third-order valence-electron chi connectivity index (χ3n) is 3.77. The van der Waals surface area contributed by atoms with Gasteiger partial charge in [-0.3, -0.25) is 9.69 Å². The number of piperidine rings is 1. The van der Waals surface area contributed by atoms with E-state index in [4.69, 9.17) is 4.74 Å². The first kappa shape index (κ1) is 15.0. The van der Waals surface area contributed by atoms with Crippen LogP contribution in [-0.2, 0) is 0 Å². The van der Waals surface area contributed by atoms with E-state index in [1.807, 2.05) is 25.1 Å². The van der Waals surface area contributed by atoms with Crippen LogP contribution < -0.4 is 4.74 Å². The Morgan fingerprint density at radius 3 is 2.65 bits per heavy atom. The number of ketones is 1. The number of carbonyl (C=O) groups excluding carboxylic acids is 1. The average molecular weight is 275 g/mol. The summed E-state index contributed by atoms with van der Waals surface area (Å²) >= 11 is 0. The van der Waals surface area contributed by atoms with Crippen LogP contribution in [0.4, 0.5) is 0 Å². The van der Waals surface area contributed by atoms with Crippen LogP contribution in [0, 0.1) is 6.92 Å². The molecule has 1 fully saturated rings. The molecule has 1 aliphatic rings. The number of hydrogen-bond acceptors (Lipinski definition) is 3. The molecule has 0 amide bonds. The van der Waals surface area contributed by atoms with Gasteiger partial charge in [-0.25, -0.2) is 0 Å². The lowest BCUT2D eigenvalue weighted by molar-refractivity contribution is 0.0915. The molecule has 20 heavy (non-hydrogen) atoms. The summed E-state index contributed by atoms with van der Waals surface area (Å²) in [5, 5.41) is 0. The number of benzene rings is 1. The lowest BCUT2D eigenvalue weighted by Crippen LogP contribution is -2.34. The van der Waals surface area contributed by atoms with Crippen molar-refractivity contribution < 1.29 is 9.53 Å². The number of likely N-dealkylation sites (tertiary alicyclic amines) is 1. The van der Waals surface area contributed by atoms with E-state index < -0.39 is 0 Å². The second kappa shape index (κ2) is 7.44. The molecule has 110 valence electrons. The number of nitrogens with zero attached hydrogens (tertiary/aromatic N) is 1. The Balaban J connectivity index is 1.97. The Bertz CT molecular complexity index is 450. The molecule has 0 atom stereocenters. The van der Waals surface area contributed by atoms with Gasteiger partial charge in [-0.1, -0.05) is 13.3 Å². The number of hydrogen-bond donors (Lipinski definition) is 0. The first-order chi connectivity index (χ1) is 9.70.